The van der Waals surface area contributed by atoms with Crippen LogP contribution in [0.25, 0.3) is 0 Å². The molecule has 0 aromatic rings. The number of carbonyl (C=O) groups excluding carboxylic acids is 1. The molecule has 0 aromatic carbocycles. The van der Waals surface area contributed by atoms with Gasteiger partial charge >= 0.3 is 0 Å². The van der Waals surface area contributed by atoms with Crippen molar-refractivity contribution in [3.8, 4) is 0 Å². The fraction of sp³-hybridized carbons (Fsp3) is 0.750. The SMILES string of the molecule is NN1C(O)CSC1SC=O. The predicted octanol–water partition coefficient (Wildman–Crippen LogP) is -0.566. The molecule has 0 aliphatic carbocycles. The fourth-order valence-electron chi connectivity index (χ4n) is 0.638. The average molecular weight is 180 g/mol. The van der Waals surface area contributed by atoms with E-state index in [9.17, 15) is 4.79 Å². The lowest BCUT2D eigenvalue weighted by molar-refractivity contribution is 0.0413. The minimum Gasteiger partial charge on any atom is -0.376 e. The Morgan fingerprint density at radius 2 is 2.60 bits per heavy atom. The summed E-state index contributed by atoms with van der Waals surface area (Å²) in [5, 5.41) is 10.3. The van der Waals surface area contributed by atoms with Crippen molar-refractivity contribution in [2.45, 2.75) is 10.9 Å². The molecule has 4 nitrogen and oxygen atoms in total. The van der Waals surface area contributed by atoms with Gasteiger partial charge in [-0.15, -0.1) is 11.8 Å². The predicted molar refractivity (Wildman–Crippen MR) is 42.6 cm³/mol. The van der Waals surface area contributed by atoms with Crippen LogP contribution in [-0.2, 0) is 4.79 Å². The molecule has 2 atom stereocenters. The lowest BCUT2D eigenvalue weighted by Gasteiger charge is -2.17. The van der Waals surface area contributed by atoms with Crippen LogP contribution in [0.5, 0.6) is 0 Å². The van der Waals surface area contributed by atoms with E-state index in [-0.39, 0.29) is 4.71 Å². The molecular weight excluding hydrogens is 172 g/mol. The summed E-state index contributed by atoms with van der Waals surface area (Å²) in [5.41, 5.74) is 0.732. The molecule has 0 aromatic heterocycles. The summed E-state index contributed by atoms with van der Waals surface area (Å²) in [4.78, 5) is 10.00. The van der Waals surface area contributed by atoms with Gasteiger partial charge in [-0.2, -0.15) is 5.01 Å². The second kappa shape index (κ2) is 3.59. The normalized spacial score (nSPS) is 34.6. The standard InChI is InChI=1S/C4H8N2O2S2/c5-6-3(8)1-9-4(6)10-2-7/h2-4,8H,1,5H2. The molecule has 1 rings (SSSR count). The summed E-state index contributed by atoms with van der Waals surface area (Å²) in [6.45, 7) is 0. The Kier molecular flexibility index (Phi) is 2.99. The van der Waals surface area contributed by atoms with Crippen molar-refractivity contribution in [1.29, 1.82) is 0 Å². The van der Waals surface area contributed by atoms with Gasteiger partial charge < -0.3 is 5.11 Å². The lowest BCUT2D eigenvalue weighted by atomic mass is 10.6. The van der Waals surface area contributed by atoms with Crippen molar-refractivity contribution in [2.24, 2.45) is 5.84 Å². The highest BCUT2D eigenvalue weighted by atomic mass is 32.2. The summed E-state index contributed by atoms with van der Waals surface area (Å²) in [7, 11) is 0. The van der Waals surface area contributed by atoms with Crippen molar-refractivity contribution in [2.75, 3.05) is 5.75 Å². The van der Waals surface area contributed by atoms with E-state index in [0.717, 1.165) is 17.4 Å². The summed E-state index contributed by atoms with van der Waals surface area (Å²) in [5.74, 6) is 5.96. The Labute approximate surface area is 67.1 Å². The quantitative estimate of drug-likeness (QED) is 0.438. The molecule has 2 unspecified atom stereocenters. The van der Waals surface area contributed by atoms with Crippen molar-refractivity contribution in [3.63, 3.8) is 0 Å². The Bertz CT molecular complexity index is 134. The number of hydrogen-bond donors (Lipinski definition) is 2. The van der Waals surface area contributed by atoms with Crippen LogP contribution in [0.2, 0.25) is 0 Å². The zero-order valence-corrected chi connectivity index (χ0v) is 6.77. The molecule has 1 aliphatic rings. The highest BCUT2D eigenvalue weighted by Crippen LogP contribution is 2.31. The Hall–Kier alpha value is 0.250. The summed E-state index contributed by atoms with van der Waals surface area (Å²) < 4.78 is -0.118. The lowest BCUT2D eigenvalue weighted by Crippen LogP contribution is -2.40. The van der Waals surface area contributed by atoms with Crippen LogP contribution in [0.4, 0.5) is 0 Å². The maximum Gasteiger partial charge on any atom is 0.178 e. The first-order chi connectivity index (χ1) is 4.75. The van der Waals surface area contributed by atoms with Crippen molar-refractivity contribution >= 4 is 29.1 Å². The van der Waals surface area contributed by atoms with Crippen molar-refractivity contribution in [3.05, 3.63) is 0 Å². The highest BCUT2D eigenvalue weighted by Gasteiger charge is 2.30. The van der Waals surface area contributed by atoms with Crippen LogP contribution in [0.15, 0.2) is 0 Å². The minimum absolute atomic E-state index is 0.118. The van der Waals surface area contributed by atoms with Gasteiger partial charge in [-0.25, -0.2) is 0 Å². The van der Waals surface area contributed by atoms with Gasteiger partial charge in [0.1, 0.15) is 10.9 Å². The molecule has 0 saturated carbocycles. The van der Waals surface area contributed by atoms with E-state index in [2.05, 4.69) is 0 Å². The third kappa shape index (κ3) is 1.64. The number of hydrogen-bond acceptors (Lipinski definition) is 6. The van der Waals surface area contributed by atoms with Gasteiger partial charge in [-0.3, -0.25) is 10.6 Å². The van der Waals surface area contributed by atoms with Gasteiger partial charge in [-0.05, 0) is 0 Å². The largest absolute Gasteiger partial charge is 0.376 e. The number of aliphatic hydroxyl groups excluding tert-OH is 1. The maximum atomic E-state index is 10.00. The van der Waals surface area contributed by atoms with Gasteiger partial charge in [0, 0.05) is 5.75 Å². The van der Waals surface area contributed by atoms with Gasteiger partial charge in [0.2, 0.25) is 0 Å². The van der Waals surface area contributed by atoms with Gasteiger partial charge in [0.15, 0.2) is 5.62 Å². The van der Waals surface area contributed by atoms with Crippen LogP contribution >= 0.6 is 23.5 Å². The smallest absolute Gasteiger partial charge is 0.178 e. The minimum atomic E-state index is -0.609. The molecule has 0 spiro atoms. The third-order valence-corrected chi connectivity index (χ3v) is 3.50. The van der Waals surface area contributed by atoms with E-state index < -0.39 is 6.23 Å². The average Bonchev–Trinajstić information content (AvgIpc) is 2.20. The molecule has 0 radical (unpaired) electrons. The third-order valence-electron chi connectivity index (χ3n) is 1.15. The first-order valence-corrected chi connectivity index (χ1v) is 4.66. The molecule has 0 bridgehead atoms. The van der Waals surface area contributed by atoms with Gasteiger partial charge in [-0.1, -0.05) is 11.8 Å². The van der Waals surface area contributed by atoms with Crippen LogP contribution < -0.4 is 5.84 Å². The zero-order chi connectivity index (χ0) is 7.56. The molecule has 10 heavy (non-hydrogen) atoms. The number of rotatable bonds is 2. The fourth-order valence-corrected chi connectivity index (χ4v) is 2.52. The Morgan fingerprint density at radius 3 is 3.00 bits per heavy atom. The first kappa shape index (κ1) is 8.35. The number of aliphatic hydroxyl groups is 1. The van der Waals surface area contributed by atoms with Gasteiger partial charge in [0.25, 0.3) is 0 Å². The molecule has 1 aliphatic heterocycles. The summed E-state index contributed by atoms with van der Waals surface area (Å²) >= 11 is 2.54. The molecule has 1 heterocycles. The van der Waals surface area contributed by atoms with Crippen LogP contribution in [0.3, 0.4) is 0 Å². The van der Waals surface area contributed by atoms with E-state index in [1.54, 1.807) is 0 Å². The van der Waals surface area contributed by atoms with E-state index in [0.29, 0.717) is 5.75 Å². The number of carbonyl (C=O) groups is 1. The highest BCUT2D eigenvalue weighted by molar-refractivity contribution is 8.23. The van der Waals surface area contributed by atoms with Crippen molar-refractivity contribution < 1.29 is 9.90 Å². The summed E-state index contributed by atoms with van der Waals surface area (Å²) in [6, 6.07) is 0. The van der Waals surface area contributed by atoms with E-state index in [1.807, 2.05) is 0 Å². The number of nitrogens with two attached hydrogens (primary N) is 1. The van der Waals surface area contributed by atoms with E-state index >= 15 is 0 Å². The second-order valence-electron chi connectivity index (χ2n) is 1.80. The zero-order valence-electron chi connectivity index (χ0n) is 5.14. The Balaban J connectivity index is 2.40. The summed E-state index contributed by atoms with van der Waals surface area (Å²) in [6.07, 6.45) is -0.609. The molecule has 6 heteroatoms. The van der Waals surface area contributed by atoms with Crippen LogP contribution in [0.1, 0.15) is 0 Å². The maximum absolute atomic E-state index is 10.00. The molecule has 0 amide bonds. The van der Waals surface area contributed by atoms with Gasteiger partial charge in [0.05, 0.1) is 0 Å². The first-order valence-electron chi connectivity index (χ1n) is 2.67. The number of hydrazine groups is 1. The number of nitrogens with zero attached hydrogens (tertiary/aromatic N) is 1. The monoisotopic (exact) mass is 180 g/mol. The molecule has 1 fully saturated rings. The van der Waals surface area contributed by atoms with Crippen LogP contribution in [0, 0.1) is 0 Å². The second-order valence-corrected chi connectivity index (χ2v) is 4.12. The van der Waals surface area contributed by atoms with E-state index in [1.165, 1.54) is 16.8 Å². The molecular formula is C4H8N2O2S2. The molecule has 58 valence electrons. The number of thioether (sulfide) groups is 2. The van der Waals surface area contributed by atoms with Crippen molar-refractivity contribution in [1.82, 2.24) is 5.01 Å². The molecule has 1 saturated heterocycles. The Morgan fingerprint density at radius 1 is 1.90 bits per heavy atom. The molecule has 3 N–H and O–H groups in total. The van der Waals surface area contributed by atoms with E-state index in [4.69, 9.17) is 10.9 Å². The topological polar surface area (TPSA) is 66.6 Å². The van der Waals surface area contributed by atoms with Crippen LogP contribution in [-0.4, -0.2) is 32.4 Å².